The zero-order valence-corrected chi connectivity index (χ0v) is 14.4. The number of thiophene rings is 1. The third-order valence-electron chi connectivity index (χ3n) is 3.18. The van der Waals surface area contributed by atoms with E-state index < -0.39 is 5.82 Å². The molecule has 0 bridgehead atoms. The second-order valence-corrected chi connectivity index (χ2v) is 6.85. The molecule has 3 aromatic rings. The number of thioether (sulfide) groups is 1. The molecule has 0 aliphatic rings. The summed E-state index contributed by atoms with van der Waals surface area (Å²) in [4.78, 5) is 13.1. The highest BCUT2D eigenvalue weighted by Crippen LogP contribution is 2.25. The van der Waals surface area contributed by atoms with Crippen LogP contribution in [0, 0.1) is 5.82 Å². The summed E-state index contributed by atoms with van der Waals surface area (Å²) in [6.45, 7) is 1.93. The predicted octanol–water partition coefficient (Wildman–Crippen LogP) is 3.91. The highest BCUT2D eigenvalue weighted by atomic mass is 32.2. The fourth-order valence-electron chi connectivity index (χ4n) is 2.03. The zero-order valence-electron chi connectivity index (χ0n) is 12.7. The van der Waals surface area contributed by atoms with Gasteiger partial charge in [-0.15, -0.1) is 21.5 Å². The van der Waals surface area contributed by atoms with Crippen LogP contribution in [0.2, 0.25) is 0 Å². The van der Waals surface area contributed by atoms with Crippen LogP contribution in [0.25, 0.3) is 11.5 Å². The lowest BCUT2D eigenvalue weighted by molar-refractivity contribution is -0.119. The number of halogens is 1. The van der Waals surface area contributed by atoms with Crippen molar-refractivity contribution >= 4 is 29.0 Å². The molecule has 0 spiro atoms. The van der Waals surface area contributed by atoms with Crippen LogP contribution in [0.1, 0.15) is 17.8 Å². The Morgan fingerprint density at radius 1 is 1.33 bits per heavy atom. The van der Waals surface area contributed by atoms with Crippen LogP contribution in [0.3, 0.4) is 0 Å². The van der Waals surface area contributed by atoms with Gasteiger partial charge in [-0.05, 0) is 30.5 Å². The quantitative estimate of drug-likeness (QED) is 0.673. The molecule has 0 radical (unpaired) electrons. The van der Waals surface area contributed by atoms with Gasteiger partial charge in [0.05, 0.1) is 17.4 Å². The summed E-state index contributed by atoms with van der Waals surface area (Å²) in [5, 5.41) is 12.8. The van der Waals surface area contributed by atoms with E-state index in [1.54, 1.807) is 29.5 Å². The van der Waals surface area contributed by atoms with E-state index in [9.17, 15) is 9.18 Å². The summed E-state index contributed by atoms with van der Waals surface area (Å²) in [7, 11) is 0. The molecule has 24 heavy (non-hydrogen) atoms. The van der Waals surface area contributed by atoms with Gasteiger partial charge in [-0.2, -0.15) is 0 Å². The first kappa shape index (κ1) is 16.7. The summed E-state index contributed by atoms with van der Waals surface area (Å²) in [5.41, 5.74) is 0.243. The molecular formula is C16H14FN3O2S2. The topological polar surface area (TPSA) is 68.0 Å². The van der Waals surface area contributed by atoms with Crippen molar-refractivity contribution in [3.63, 3.8) is 0 Å². The van der Waals surface area contributed by atoms with Gasteiger partial charge in [0.25, 0.3) is 11.1 Å². The molecule has 2 aromatic heterocycles. The third kappa shape index (κ3) is 4.01. The van der Waals surface area contributed by atoms with Gasteiger partial charge in [0.1, 0.15) is 5.82 Å². The second-order valence-electron chi connectivity index (χ2n) is 4.95. The van der Waals surface area contributed by atoms with Gasteiger partial charge in [0.2, 0.25) is 5.91 Å². The van der Waals surface area contributed by atoms with Crippen LogP contribution in [-0.2, 0) is 4.79 Å². The Balaban J connectivity index is 1.56. The molecule has 3 rings (SSSR count). The molecule has 124 valence electrons. The van der Waals surface area contributed by atoms with E-state index in [1.807, 2.05) is 24.4 Å². The molecule has 0 saturated carbocycles. The summed E-state index contributed by atoms with van der Waals surface area (Å²) in [6.07, 6.45) is 0. The van der Waals surface area contributed by atoms with Crippen molar-refractivity contribution < 1.29 is 13.6 Å². The maximum Gasteiger partial charge on any atom is 0.277 e. The number of nitrogens with one attached hydrogen (secondary N) is 1. The lowest BCUT2D eigenvalue weighted by Crippen LogP contribution is -2.27. The normalized spacial score (nSPS) is 12.1. The monoisotopic (exact) mass is 363 g/mol. The Bertz CT molecular complexity index is 820. The first-order valence-corrected chi connectivity index (χ1v) is 9.04. The Hall–Kier alpha value is -2.19. The van der Waals surface area contributed by atoms with Gasteiger partial charge in [-0.1, -0.05) is 30.0 Å². The van der Waals surface area contributed by atoms with Crippen LogP contribution < -0.4 is 5.32 Å². The smallest absolute Gasteiger partial charge is 0.277 e. The van der Waals surface area contributed by atoms with Gasteiger partial charge in [0, 0.05) is 4.88 Å². The molecule has 0 unspecified atom stereocenters. The molecule has 0 saturated heterocycles. The maximum absolute atomic E-state index is 13.7. The minimum absolute atomic E-state index is 0.0465. The second kappa shape index (κ2) is 7.59. The van der Waals surface area contributed by atoms with Crippen molar-refractivity contribution in [3.05, 3.63) is 52.5 Å². The number of carbonyl (C=O) groups is 1. The summed E-state index contributed by atoms with van der Waals surface area (Å²) in [5.74, 6) is -0.316. The number of aromatic nitrogens is 2. The maximum atomic E-state index is 13.7. The molecule has 0 aliphatic carbocycles. The fraction of sp³-hybridized carbons (Fsp3) is 0.188. The molecule has 0 aliphatic heterocycles. The number of benzene rings is 1. The van der Waals surface area contributed by atoms with Crippen LogP contribution in [0.15, 0.2) is 51.4 Å². The first-order chi connectivity index (χ1) is 11.6. The molecule has 1 atom stereocenters. The zero-order chi connectivity index (χ0) is 16.9. The molecule has 2 heterocycles. The minimum Gasteiger partial charge on any atom is -0.411 e. The highest BCUT2D eigenvalue weighted by molar-refractivity contribution is 7.99. The minimum atomic E-state index is -0.430. The van der Waals surface area contributed by atoms with Crippen LogP contribution in [0.5, 0.6) is 0 Å². The number of nitrogens with zero attached hydrogens (tertiary/aromatic N) is 2. The van der Waals surface area contributed by atoms with E-state index in [0.29, 0.717) is 0 Å². The number of rotatable bonds is 6. The molecule has 1 amide bonds. The highest BCUT2D eigenvalue weighted by Gasteiger charge is 2.15. The first-order valence-electron chi connectivity index (χ1n) is 7.17. The number of hydrogen-bond acceptors (Lipinski definition) is 6. The van der Waals surface area contributed by atoms with Gasteiger partial charge in [0.15, 0.2) is 0 Å². The molecule has 8 heteroatoms. The summed E-state index contributed by atoms with van der Waals surface area (Å²) < 4.78 is 19.1. The number of hydrogen-bond donors (Lipinski definition) is 1. The third-order valence-corrected chi connectivity index (χ3v) is 5.06. The van der Waals surface area contributed by atoms with Gasteiger partial charge >= 0.3 is 0 Å². The van der Waals surface area contributed by atoms with E-state index in [-0.39, 0.29) is 34.4 Å². The molecule has 0 fully saturated rings. The summed E-state index contributed by atoms with van der Waals surface area (Å²) >= 11 is 2.71. The fourth-order valence-corrected chi connectivity index (χ4v) is 3.34. The lowest BCUT2D eigenvalue weighted by Gasteiger charge is -2.11. The Labute approximate surface area is 146 Å². The lowest BCUT2D eigenvalue weighted by atomic mass is 10.2. The SMILES string of the molecule is C[C@@H](NC(=O)CSc1nnc(-c2ccccc2F)o1)c1cccs1. The van der Waals surface area contributed by atoms with Crippen molar-refractivity contribution in [2.75, 3.05) is 5.75 Å². The van der Waals surface area contributed by atoms with E-state index in [1.165, 1.54) is 6.07 Å². The van der Waals surface area contributed by atoms with E-state index in [0.717, 1.165) is 16.6 Å². The van der Waals surface area contributed by atoms with Crippen molar-refractivity contribution in [2.45, 2.75) is 18.2 Å². The van der Waals surface area contributed by atoms with Crippen molar-refractivity contribution in [1.82, 2.24) is 15.5 Å². The predicted molar refractivity (Wildman–Crippen MR) is 91.3 cm³/mol. The van der Waals surface area contributed by atoms with Gasteiger partial charge in [-0.3, -0.25) is 4.79 Å². The number of carbonyl (C=O) groups excluding carboxylic acids is 1. The van der Waals surface area contributed by atoms with Crippen LogP contribution in [0.4, 0.5) is 4.39 Å². The molecule has 5 nitrogen and oxygen atoms in total. The average molecular weight is 363 g/mol. The molecular weight excluding hydrogens is 349 g/mol. The van der Waals surface area contributed by atoms with Gasteiger partial charge < -0.3 is 9.73 Å². The van der Waals surface area contributed by atoms with E-state index in [4.69, 9.17) is 4.42 Å². The van der Waals surface area contributed by atoms with Crippen molar-refractivity contribution in [2.24, 2.45) is 0 Å². The molecule has 1 aromatic carbocycles. The Morgan fingerprint density at radius 2 is 2.17 bits per heavy atom. The standard InChI is InChI=1S/C16H14FN3O2S2/c1-10(13-7-4-8-23-13)18-14(21)9-24-16-20-19-15(22-16)11-5-2-3-6-12(11)17/h2-8,10H,9H2,1H3,(H,18,21)/t10-/m1/s1. The summed E-state index contributed by atoms with van der Waals surface area (Å²) in [6, 6.07) is 10.0. The van der Waals surface area contributed by atoms with Crippen molar-refractivity contribution in [1.29, 1.82) is 0 Å². The van der Waals surface area contributed by atoms with E-state index >= 15 is 0 Å². The Morgan fingerprint density at radius 3 is 2.92 bits per heavy atom. The average Bonchev–Trinajstić information content (AvgIpc) is 3.25. The number of amides is 1. The largest absolute Gasteiger partial charge is 0.411 e. The van der Waals surface area contributed by atoms with E-state index in [2.05, 4.69) is 15.5 Å². The van der Waals surface area contributed by atoms with Crippen LogP contribution in [-0.4, -0.2) is 21.9 Å². The van der Waals surface area contributed by atoms with Crippen LogP contribution >= 0.6 is 23.1 Å². The Kier molecular flexibility index (Phi) is 5.27. The molecule has 1 N–H and O–H groups in total. The van der Waals surface area contributed by atoms with Gasteiger partial charge in [-0.25, -0.2) is 4.39 Å². The van der Waals surface area contributed by atoms with Crippen molar-refractivity contribution in [3.8, 4) is 11.5 Å².